The molecule has 2 radical (unpaired) electrons. The van der Waals surface area contributed by atoms with Crippen LogP contribution in [0.2, 0.25) is 0 Å². The molecule has 0 nitrogen and oxygen atoms in total. The number of aryl methyl sites for hydroxylation is 1. The molecule has 0 aliphatic carbocycles. The van der Waals surface area contributed by atoms with Crippen LogP contribution in [-0.4, -0.2) is 7.85 Å². The van der Waals surface area contributed by atoms with Crippen LogP contribution in [0, 0.1) is 6.92 Å². The van der Waals surface area contributed by atoms with Gasteiger partial charge in [-0.2, -0.15) is 0 Å². The lowest BCUT2D eigenvalue weighted by Crippen LogP contribution is -1.92. The summed E-state index contributed by atoms with van der Waals surface area (Å²) in [4.78, 5) is 1.28. The third-order valence-corrected chi connectivity index (χ3v) is 1.63. The van der Waals surface area contributed by atoms with Gasteiger partial charge >= 0.3 is 0 Å². The van der Waals surface area contributed by atoms with Crippen molar-refractivity contribution in [1.29, 1.82) is 0 Å². The normalized spacial score (nSPS) is 9.29. The third kappa shape index (κ3) is 1.06. The van der Waals surface area contributed by atoms with Crippen LogP contribution in [0.5, 0.6) is 0 Å². The number of thiophene rings is 1. The van der Waals surface area contributed by atoms with Crippen LogP contribution in [0.15, 0.2) is 11.4 Å². The lowest BCUT2D eigenvalue weighted by Gasteiger charge is -1.70. The summed E-state index contributed by atoms with van der Waals surface area (Å²) >= 11 is 1.68. The largest absolute Gasteiger partial charge is 0.150 e. The van der Waals surface area contributed by atoms with Crippen molar-refractivity contribution < 1.29 is 0 Å². The summed E-state index contributed by atoms with van der Waals surface area (Å²) in [7, 11) is 5.39. The zero-order chi connectivity index (χ0) is 5.28. The minimum Gasteiger partial charge on any atom is -0.150 e. The molecule has 2 heteroatoms. The first kappa shape index (κ1) is 4.91. The molecule has 1 rings (SSSR count). The second-order valence-corrected chi connectivity index (χ2v) is 2.61. The molecule has 7 heavy (non-hydrogen) atoms. The van der Waals surface area contributed by atoms with E-state index in [4.69, 9.17) is 7.85 Å². The topological polar surface area (TPSA) is 0 Å². The first-order valence-corrected chi connectivity index (χ1v) is 2.97. The average molecular weight is 108 g/mol. The standard InChI is InChI=1S/C5H5BS/c1-4-2-5(6)3-7-4/h2-3H,1H3. The average Bonchev–Trinajstić information content (AvgIpc) is 1.87. The van der Waals surface area contributed by atoms with Gasteiger partial charge in [0.2, 0.25) is 0 Å². The molecule has 0 N–H and O–H groups in total. The van der Waals surface area contributed by atoms with Gasteiger partial charge in [-0.15, -0.1) is 11.3 Å². The molecular formula is C5H5BS. The van der Waals surface area contributed by atoms with Crippen LogP contribution in [0.4, 0.5) is 0 Å². The highest BCUT2D eigenvalue weighted by Gasteiger charge is 1.84. The van der Waals surface area contributed by atoms with E-state index in [0.29, 0.717) is 0 Å². The van der Waals surface area contributed by atoms with Gasteiger partial charge in [-0.05, 0) is 12.3 Å². The van der Waals surface area contributed by atoms with Crippen LogP contribution in [0.1, 0.15) is 4.88 Å². The third-order valence-electron chi connectivity index (χ3n) is 0.751. The van der Waals surface area contributed by atoms with Gasteiger partial charge in [0.05, 0.1) is 0 Å². The first-order chi connectivity index (χ1) is 3.29. The van der Waals surface area contributed by atoms with Gasteiger partial charge in [-0.25, -0.2) is 0 Å². The zero-order valence-corrected chi connectivity index (χ0v) is 4.96. The number of hydrogen-bond acceptors (Lipinski definition) is 1. The molecule has 0 amide bonds. The van der Waals surface area contributed by atoms with E-state index >= 15 is 0 Å². The SMILES string of the molecule is [B]c1csc(C)c1. The van der Waals surface area contributed by atoms with Crippen molar-refractivity contribution in [3.05, 3.63) is 16.3 Å². The van der Waals surface area contributed by atoms with Gasteiger partial charge in [0.15, 0.2) is 0 Å². The monoisotopic (exact) mass is 108 g/mol. The van der Waals surface area contributed by atoms with Gasteiger partial charge < -0.3 is 0 Å². The Labute approximate surface area is 48.6 Å². The van der Waals surface area contributed by atoms with Gasteiger partial charge in [0.25, 0.3) is 0 Å². The summed E-state index contributed by atoms with van der Waals surface area (Å²) in [5.74, 6) is 0. The smallest absolute Gasteiger partial charge is 0.114 e. The number of rotatable bonds is 0. The number of hydrogen-bond donors (Lipinski definition) is 0. The van der Waals surface area contributed by atoms with Crippen LogP contribution in [-0.2, 0) is 0 Å². The maximum atomic E-state index is 5.39. The van der Waals surface area contributed by atoms with Crippen molar-refractivity contribution in [3.63, 3.8) is 0 Å². The summed E-state index contributed by atoms with van der Waals surface area (Å²) in [6.45, 7) is 2.04. The van der Waals surface area contributed by atoms with Gasteiger partial charge in [0.1, 0.15) is 7.85 Å². The quantitative estimate of drug-likeness (QED) is 0.432. The second kappa shape index (κ2) is 1.70. The summed E-state index contributed by atoms with van der Waals surface area (Å²) in [6.07, 6.45) is 0. The Morgan fingerprint density at radius 1 is 1.71 bits per heavy atom. The van der Waals surface area contributed by atoms with E-state index in [2.05, 4.69) is 0 Å². The molecule has 0 bridgehead atoms. The van der Waals surface area contributed by atoms with E-state index < -0.39 is 0 Å². The molecular weight excluding hydrogens is 103 g/mol. The Morgan fingerprint density at radius 2 is 2.43 bits per heavy atom. The summed E-state index contributed by atoms with van der Waals surface area (Å²) in [6, 6.07) is 1.96. The lowest BCUT2D eigenvalue weighted by molar-refractivity contribution is 1.66. The highest BCUT2D eigenvalue weighted by atomic mass is 32.1. The van der Waals surface area contributed by atoms with Crippen LogP contribution < -0.4 is 5.46 Å². The molecule has 1 aromatic heterocycles. The Kier molecular flexibility index (Phi) is 1.20. The summed E-state index contributed by atoms with van der Waals surface area (Å²) in [5.41, 5.74) is 0.877. The molecule has 1 aromatic rings. The molecule has 0 atom stereocenters. The van der Waals surface area contributed by atoms with Gasteiger partial charge in [-0.3, -0.25) is 0 Å². The van der Waals surface area contributed by atoms with Gasteiger partial charge in [-0.1, -0.05) is 11.5 Å². The fourth-order valence-electron chi connectivity index (χ4n) is 0.464. The van der Waals surface area contributed by atoms with Crippen molar-refractivity contribution in [2.45, 2.75) is 6.92 Å². The van der Waals surface area contributed by atoms with Crippen molar-refractivity contribution in [2.24, 2.45) is 0 Å². The maximum absolute atomic E-state index is 5.39. The Balaban J connectivity index is 3.04. The predicted octanol–water partition coefficient (Wildman–Crippen LogP) is 0.850. The second-order valence-electron chi connectivity index (χ2n) is 1.49. The Hall–Kier alpha value is -0.235. The molecule has 0 aliphatic rings. The molecule has 0 aromatic carbocycles. The predicted molar refractivity (Wildman–Crippen MR) is 34.4 cm³/mol. The van der Waals surface area contributed by atoms with Crippen molar-refractivity contribution >= 4 is 24.6 Å². The minimum atomic E-state index is 0.877. The summed E-state index contributed by atoms with van der Waals surface area (Å²) in [5, 5.41) is 1.94. The molecule has 0 saturated carbocycles. The van der Waals surface area contributed by atoms with E-state index in [0.717, 1.165) is 5.46 Å². The van der Waals surface area contributed by atoms with Crippen molar-refractivity contribution in [1.82, 2.24) is 0 Å². The zero-order valence-electron chi connectivity index (χ0n) is 4.14. The molecule has 34 valence electrons. The molecule has 0 spiro atoms. The molecule has 0 unspecified atom stereocenters. The first-order valence-electron chi connectivity index (χ1n) is 2.09. The Bertz CT molecular complexity index is 140. The highest BCUT2D eigenvalue weighted by molar-refractivity contribution is 7.10. The van der Waals surface area contributed by atoms with E-state index in [9.17, 15) is 0 Å². The Morgan fingerprint density at radius 3 is 2.57 bits per heavy atom. The summed E-state index contributed by atoms with van der Waals surface area (Å²) < 4.78 is 0. The van der Waals surface area contributed by atoms with Crippen LogP contribution in [0.3, 0.4) is 0 Å². The van der Waals surface area contributed by atoms with Crippen LogP contribution in [0.25, 0.3) is 0 Å². The maximum Gasteiger partial charge on any atom is 0.114 e. The highest BCUT2D eigenvalue weighted by Crippen LogP contribution is 2.01. The molecule has 0 fully saturated rings. The fraction of sp³-hybridized carbons (Fsp3) is 0.200. The van der Waals surface area contributed by atoms with Crippen molar-refractivity contribution in [3.8, 4) is 0 Å². The van der Waals surface area contributed by atoms with E-state index in [1.807, 2.05) is 18.4 Å². The van der Waals surface area contributed by atoms with E-state index in [1.54, 1.807) is 11.3 Å². The molecule has 0 saturated heterocycles. The van der Waals surface area contributed by atoms with E-state index in [-0.39, 0.29) is 0 Å². The molecule has 1 heterocycles. The lowest BCUT2D eigenvalue weighted by atomic mass is 10.0. The minimum absolute atomic E-state index is 0.877. The van der Waals surface area contributed by atoms with Crippen molar-refractivity contribution in [2.75, 3.05) is 0 Å². The van der Waals surface area contributed by atoms with Crippen LogP contribution >= 0.6 is 11.3 Å². The van der Waals surface area contributed by atoms with E-state index in [1.165, 1.54) is 4.88 Å². The fourth-order valence-corrected chi connectivity index (χ4v) is 1.06. The van der Waals surface area contributed by atoms with Gasteiger partial charge in [0, 0.05) is 4.88 Å². The molecule has 0 aliphatic heterocycles.